The number of aliphatic carboxylic acids is 1. The van der Waals surface area contributed by atoms with E-state index in [2.05, 4.69) is 0 Å². The van der Waals surface area contributed by atoms with Crippen molar-refractivity contribution in [1.82, 2.24) is 4.90 Å². The number of carbonyl (C=O) groups is 2. The Balaban J connectivity index is 2.32. The molecule has 5 nitrogen and oxygen atoms in total. The first-order chi connectivity index (χ1) is 10.3. The predicted molar refractivity (Wildman–Crippen MR) is 89.3 cm³/mol. The number of carboxylic acid groups (broad SMARTS) is 1. The molecule has 1 aromatic rings. The molecule has 1 aliphatic heterocycles. The van der Waals surface area contributed by atoms with E-state index in [9.17, 15) is 14.7 Å². The minimum absolute atomic E-state index is 0.190. The van der Waals surface area contributed by atoms with Gasteiger partial charge < -0.3 is 9.52 Å². The monoisotopic (exact) mass is 339 g/mol. The van der Waals surface area contributed by atoms with Crippen LogP contribution in [0.2, 0.25) is 0 Å². The van der Waals surface area contributed by atoms with Gasteiger partial charge in [-0.2, -0.15) is 0 Å². The summed E-state index contributed by atoms with van der Waals surface area (Å²) in [6.07, 6.45) is 2.24. The topological polar surface area (TPSA) is 70.8 Å². The van der Waals surface area contributed by atoms with Crippen LogP contribution in [0, 0.1) is 12.8 Å². The molecule has 0 radical (unpaired) electrons. The number of carboxylic acids is 1. The highest BCUT2D eigenvalue weighted by atomic mass is 32.2. The molecule has 2 unspecified atom stereocenters. The quantitative estimate of drug-likeness (QED) is 0.656. The third kappa shape index (κ3) is 3.25. The Morgan fingerprint density at radius 3 is 2.73 bits per heavy atom. The van der Waals surface area contributed by atoms with Gasteiger partial charge in [0, 0.05) is 6.08 Å². The molecule has 1 N–H and O–H groups in total. The number of aryl methyl sites for hydroxylation is 1. The molecule has 1 fully saturated rings. The van der Waals surface area contributed by atoms with Gasteiger partial charge in [0.15, 0.2) is 0 Å². The molecule has 0 spiro atoms. The van der Waals surface area contributed by atoms with E-state index in [4.69, 9.17) is 16.6 Å². The largest absolute Gasteiger partial charge is 0.480 e. The summed E-state index contributed by atoms with van der Waals surface area (Å²) in [5, 5.41) is 9.45. The summed E-state index contributed by atoms with van der Waals surface area (Å²) < 4.78 is 5.69. The number of hydrogen-bond donors (Lipinski definition) is 1. The van der Waals surface area contributed by atoms with Gasteiger partial charge in [-0.3, -0.25) is 9.69 Å². The van der Waals surface area contributed by atoms with Crippen molar-refractivity contribution in [2.24, 2.45) is 5.92 Å². The molecule has 1 aromatic heterocycles. The lowest BCUT2D eigenvalue weighted by Crippen LogP contribution is -2.47. The van der Waals surface area contributed by atoms with Crippen molar-refractivity contribution in [2.45, 2.75) is 33.2 Å². The molecule has 7 heteroatoms. The molecule has 1 saturated heterocycles. The fraction of sp³-hybridized carbons (Fsp3) is 0.400. The zero-order valence-electron chi connectivity index (χ0n) is 12.5. The number of furan rings is 1. The first-order valence-electron chi connectivity index (χ1n) is 6.91. The molecule has 2 heterocycles. The average molecular weight is 339 g/mol. The summed E-state index contributed by atoms with van der Waals surface area (Å²) in [6.45, 7) is 5.50. The zero-order valence-corrected chi connectivity index (χ0v) is 14.2. The normalized spacial score (nSPS) is 19.8. The fourth-order valence-corrected chi connectivity index (χ4v) is 3.52. The molecule has 2 atom stereocenters. The highest BCUT2D eigenvalue weighted by molar-refractivity contribution is 8.26. The number of rotatable bonds is 5. The van der Waals surface area contributed by atoms with Gasteiger partial charge >= 0.3 is 5.97 Å². The lowest BCUT2D eigenvalue weighted by atomic mass is 9.98. The van der Waals surface area contributed by atoms with E-state index in [0.29, 0.717) is 17.1 Å². The van der Waals surface area contributed by atoms with E-state index in [1.165, 1.54) is 4.90 Å². The van der Waals surface area contributed by atoms with Crippen LogP contribution in [0.4, 0.5) is 0 Å². The number of thioether (sulfide) groups is 1. The third-order valence-corrected chi connectivity index (χ3v) is 4.90. The Bertz CT molecular complexity index is 650. The van der Waals surface area contributed by atoms with Crippen molar-refractivity contribution in [3.05, 3.63) is 28.6 Å². The second kappa shape index (κ2) is 6.66. The smallest absolute Gasteiger partial charge is 0.327 e. The molecule has 22 heavy (non-hydrogen) atoms. The molecule has 0 aliphatic carbocycles. The second-order valence-electron chi connectivity index (χ2n) is 5.17. The lowest BCUT2D eigenvalue weighted by molar-refractivity contribution is -0.147. The van der Waals surface area contributed by atoms with Crippen LogP contribution in [0.5, 0.6) is 0 Å². The van der Waals surface area contributed by atoms with E-state index in [-0.39, 0.29) is 16.1 Å². The third-order valence-electron chi connectivity index (χ3n) is 3.57. The van der Waals surface area contributed by atoms with Crippen LogP contribution in [0.3, 0.4) is 0 Å². The lowest BCUT2D eigenvalue weighted by Gasteiger charge is -2.27. The molecular formula is C15H17NO4S2. The van der Waals surface area contributed by atoms with Crippen LogP contribution in [-0.4, -0.2) is 32.2 Å². The zero-order chi connectivity index (χ0) is 16.4. The van der Waals surface area contributed by atoms with E-state index in [0.717, 1.165) is 17.5 Å². The van der Waals surface area contributed by atoms with Gasteiger partial charge in [-0.15, -0.1) is 0 Å². The Kier molecular flexibility index (Phi) is 5.08. The van der Waals surface area contributed by atoms with Crippen LogP contribution >= 0.6 is 24.0 Å². The number of nitrogens with zero attached hydrogens (tertiary/aromatic N) is 1. The number of thiocarbonyl (C=S) groups is 1. The minimum atomic E-state index is -1.04. The predicted octanol–water partition coefficient (Wildman–Crippen LogP) is 3.29. The Morgan fingerprint density at radius 1 is 1.55 bits per heavy atom. The van der Waals surface area contributed by atoms with Crippen molar-refractivity contribution < 1.29 is 19.1 Å². The molecule has 0 saturated carbocycles. The average Bonchev–Trinajstić information content (AvgIpc) is 2.97. The molecule has 0 bridgehead atoms. The van der Waals surface area contributed by atoms with Crippen LogP contribution in [0.15, 0.2) is 21.5 Å². The summed E-state index contributed by atoms with van der Waals surface area (Å²) in [6, 6.07) is 2.61. The molecule has 118 valence electrons. The van der Waals surface area contributed by atoms with Gasteiger partial charge in [-0.1, -0.05) is 44.2 Å². The highest BCUT2D eigenvalue weighted by Crippen LogP contribution is 2.36. The van der Waals surface area contributed by atoms with E-state index in [1.54, 1.807) is 25.1 Å². The number of carbonyl (C=O) groups excluding carboxylic acids is 1. The fourth-order valence-electron chi connectivity index (χ4n) is 2.21. The summed E-state index contributed by atoms with van der Waals surface area (Å²) in [4.78, 5) is 25.7. The van der Waals surface area contributed by atoms with Crippen LogP contribution in [0.25, 0.3) is 6.08 Å². The molecule has 0 aromatic carbocycles. The van der Waals surface area contributed by atoms with Crippen LogP contribution < -0.4 is 0 Å². The SMILES string of the molecule is CCC(C)C(C(=O)O)N1C(=O)/C(=C\c2ccc(C)o2)SC1=S. The van der Waals surface area contributed by atoms with Gasteiger partial charge in [-0.05, 0) is 25.0 Å². The maximum atomic E-state index is 12.5. The van der Waals surface area contributed by atoms with Crippen molar-refractivity contribution in [3.63, 3.8) is 0 Å². The summed E-state index contributed by atoms with van der Waals surface area (Å²) in [5.74, 6) is -0.319. The molecule has 1 amide bonds. The Labute approximate surface area is 138 Å². The van der Waals surface area contributed by atoms with E-state index in [1.807, 2.05) is 13.8 Å². The van der Waals surface area contributed by atoms with Crippen molar-refractivity contribution >= 4 is 46.3 Å². The van der Waals surface area contributed by atoms with Gasteiger partial charge in [0.1, 0.15) is 21.9 Å². The minimum Gasteiger partial charge on any atom is -0.480 e. The Morgan fingerprint density at radius 2 is 2.23 bits per heavy atom. The number of amides is 1. The van der Waals surface area contributed by atoms with Gasteiger partial charge in [0.2, 0.25) is 0 Å². The summed E-state index contributed by atoms with van der Waals surface area (Å²) in [7, 11) is 0. The van der Waals surface area contributed by atoms with Gasteiger partial charge in [-0.25, -0.2) is 4.79 Å². The van der Waals surface area contributed by atoms with E-state index < -0.39 is 12.0 Å². The van der Waals surface area contributed by atoms with Crippen LogP contribution in [-0.2, 0) is 9.59 Å². The number of hydrogen-bond acceptors (Lipinski definition) is 5. The highest BCUT2D eigenvalue weighted by Gasteiger charge is 2.42. The standard InChI is InChI=1S/C15H17NO4S2/c1-4-8(2)12(14(18)19)16-13(17)11(22-15(16)21)7-10-6-5-9(3)20-10/h5-8,12H,4H2,1-3H3,(H,18,19)/b11-7+. The summed E-state index contributed by atoms with van der Waals surface area (Å²) >= 11 is 6.32. The molecular weight excluding hydrogens is 322 g/mol. The maximum absolute atomic E-state index is 12.5. The summed E-state index contributed by atoms with van der Waals surface area (Å²) in [5.41, 5.74) is 0. The Hall–Kier alpha value is -1.60. The van der Waals surface area contributed by atoms with Crippen molar-refractivity contribution in [1.29, 1.82) is 0 Å². The van der Waals surface area contributed by atoms with Gasteiger partial charge in [0.05, 0.1) is 4.91 Å². The van der Waals surface area contributed by atoms with Crippen molar-refractivity contribution in [3.8, 4) is 0 Å². The maximum Gasteiger partial charge on any atom is 0.327 e. The first-order valence-corrected chi connectivity index (χ1v) is 8.14. The second-order valence-corrected chi connectivity index (χ2v) is 6.84. The van der Waals surface area contributed by atoms with Gasteiger partial charge in [0.25, 0.3) is 5.91 Å². The van der Waals surface area contributed by atoms with Crippen LogP contribution in [0.1, 0.15) is 31.8 Å². The molecule has 2 rings (SSSR count). The van der Waals surface area contributed by atoms with E-state index >= 15 is 0 Å². The molecule has 1 aliphatic rings. The first kappa shape index (κ1) is 16.8. The van der Waals surface area contributed by atoms with Crippen molar-refractivity contribution in [2.75, 3.05) is 0 Å².